The second kappa shape index (κ2) is 5.94. The van der Waals surface area contributed by atoms with Gasteiger partial charge in [-0.05, 0) is 31.1 Å². The number of rotatable bonds is 6. The van der Waals surface area contributed by atoms with Gasteiger partial charge in [0.1, 0.15) is 4.75 Å². The summed E-state index contributed by atoms with van der Waals surface area (Å²) in [7, 11) is 0. The summed E-state index contributed by atoms with van der Waals surface area (Å²) in [6.07, 6.45) is 1.58. The van der Waals surface area contributed by atoms with Crippen molar-refractivity contribution in [2.45, 2.75) is 31.4 Å². The van der Waals surface area contributed by atoms with E-state index in [1.165, 1.54) is 11.8 Å². The second-order valence-electron chi connectivity index (χ2n) is 4.05. The van der Waals surface area contributed by atoms with Gasteiger partial charge in [-0.1, -0.05) is 37.3 Å². The van der Waals surface area contributed by atoms with Gasteiger partial charge in [0, 0.05) is 0 Å². The van der Waals surface area contributed by atoms with Crippen LogP contribution in [0.25, 0.3) is 0 Å². The lowest BCUT2D eigenvalue weighted by atomic mass is 10.0. The summed E-state index contributed by atoms with van der Waals surface area (Å²) in [6, 6.07) is 9.80. The maximum Gasteiger partial charge on any atom is 0.319 e. The molecular formula is C13H18O2S. The fourth-order valence-electron chi connectivity index (χ4n) is 1.50. The van der Waals surface area contributed by atoms with Gasteiger partial charge in [0.05, 0.1) is 0 Å². The Morgan fingerprint density at radius 3 is 2.50 bits per heavy atom. The van der Waals surface area contributed by atoms with Crippen LogP contribution in [-0.2, 0) is 11.2 Å². The van der Waals surface area contributed by atoms with E-state index in [9.17, 15) is 9.90 Å². The largest absolute Gasteiger partial charge is 0.480 e. The summed E-state index contributed by atoms with van der Waals surface area (Å²) in [5, 5.41) is 9.30. The molecule has 0 heterocycles. The molecule has 0 aromatic heterocycles. The minimum Gasteiger partial charge on any atom is -0.480 e. The van der Waals surface area contributed by atoms with E-state index in [-0.39, 0.29) is 0 Å². The smallest absolute Gasteiger partial charge is 0.319 e. The molecule has 88 valence electrons. The number of aliphatic carboxylic acids is 1. The molecule has 2 nitrogen and oxygen atoms in total. The van der Waals surface area contributed by atoms with E-state index >= 15 is 0 Å². The van der Waals surface area contributed by atoms with Gasteiger partial charge in [-0.3, -0.25) is 4.79 Å². The lowest BCUT2D eigenvalue weighted by Gasteiger charge is -2.24. The first-order valence-electron chi connectivity index (χ1n) is 5.50. The van der Waals surface area contributed by atoms with Crippen LogP contribution in [0.5, 0.6) is 0 Å². The minimum atomic E-state index is -0.727. The average molecular weight is 238 g/mol. The number of hydrogen-bond acceptors (Lipinski definition) is 2. The van der Waals surface area contributed by atoms with Crippen molar-refractivity contribution in [3.05, 3.63) is 35.9 Å². The van der Waals surface area contributed by atoms with E-state index in [2.05, 4.69) is 6.92 Å². The number of benzene rings is 1. The Morgan fingerprint density at radius 1 is 1.38 bits per heavy atom. The van der Waals surface area contributed by atoms with E-state index < -0.39 is 10.7 Å². The van der Waals surface area contributed by atoms with Crippen molar-refractivity contribution < 1.29 is 9.90 Å². The average Bonchev–Trinajstić information content (AvgIpc) is 2.27. The molecule has 1 N–H and O–H groups in total. The maximum absolute atomic E-state index is 11.3. The SMILES string of the molecule is CCCSC(C)(Cc1ccccc1)C(=O)O. The molecule has 0 aliphatic carbocycles. The van der Waals surface area contributed by atoms with Crippen LogP contribution in [0.1, 0.15) is 25.8 Å². The van der Waals surface area contributed by atoms with Crippen LogP contribution >= 0.6 is 11.8 Å². The molecule has 1 aromatic carbocycles. The van der Waals surface area contributed by atoms with Crippen LogP contribution in [0.3, 0.4) is 0 Å². The van der Waals surface area contributed by atoms with Crippen molar-refractivity contribution in [2.75, 3.05) is 5.75 Å². The van der Waals surface area contributed by atoms with Gasteiger partial charge in [-0.2, -0.15) is 0 Å². The summed E-state index contributed by atoms with van der Waals surface area (Å²) >= 11 is 1.53. The summed E-state index contributed by atoms with van der Waals surface area (Å²) in [5.74, 6) is 0.158. The van der Waals surface area contributed by atoms with Crippen molar-refractivity contribution in [2.24, 2.45) is 0 Å². The molecule has 0 fully saturated rings. The lowest BCUT2D eigenvalue weighted by molar-refractivity contribution is -0.139. The molecule has 0 bridgehead atoms. The Labute approximate surface area is 101 Å². The van der Waals surface area contributed by atoms with Crippen LogP contribution in [0.4, 0.5) is 0 Å². The highest BCUT2D eigenvalue weighted by molar-refractivity contribution is 8.01. The quantitative estimate of drug-likeness (QED) is 0.827. The van der Waals surface area contributed by atoms with Crippen molar-refractivity contribution in [1.82, 2.24) is 0 Å². The molecule has 1 atom stereocenters. The number of carbonyl (C=O) groups is 1. The summed E-state index contributed by atoms with van der Waals surface area (Å²) in [6.45, 7) is 3.88. The first kappa shape index (κ1) is 13.1. The predicted octanol–water partition coefficient (Wildman–Crippen LogP) is 3.22. The summed E-state index contributed by atoms with van der Waals surface area (Å²) in [5.41, 5.74) is 1.08. The van der Waals surface area contributed by atoms with E-state index in [4.69, 9.17) is 0 Å². The highest BCUT2D eigenvalue weighted by Gasteiger charge is 2.33. The third-order valence-corrected chi connectivity index (χ3v) is 4.03. The Hall–Kier alpha value is -0.960. The molecule has 0 aliphatic heterocycles. The molecule has 1 rings (SSSR count). The first-order valence-corrected chi connectivity index (χ1v) is 6.48. The van der Waals surface area contributed by atoms with Crippen LogP contribution in [0.15, 0.2) is 30.3 Å². The maximum atomic E-state index is 11.3. The van der Waals surface area contributed by atoms with Crippen LogP contribution < -0.4 is 0 Å². The highest BCUT2D eigenvalue weighted by atomic mass is 32.2. The molecule has 0 aliphatic rings. The van der Waals surface area contributed by atoms with Crippen molar-refractivity contribution in [1.29, 1.82) is 0 Å². The molecule has 0 saturated heterocycles. The minimum absolute atomic E-state index is 0.577. The zero-order valence-electron chi connectivity index (χ0n) is 9.77. The van der Waals surface area contributed by atoms with Gasteiger partial charge >= 0.3 is 5.97 Å². The van der Waals surface area contributed by atoms with E-state index in [1.807, 2.05) is 37.3 Å². The lowest BCUT2D eigenvalue weighted by Crippen LogP contribution is -2.34. The Morgan fingerprint density at radius 2 is 2.00 bits per heavy atom. The van der Waals surface area contributed by atoms with Crippen molar-refractivity contribution in [3.63, 3.8) is 0 Å². The Bertz CT molecular complexity index is 337. The standard InChI is InChI=1S/C13H18O2S/c1-3-9-16-13(2,12(14)15)10-11-7-5-4-6-8-11/h4-8H,3,9-10H2,1-2H3,(H,14,15). The van der Waals surface area contributed by atoms with Crippen molar-refractivity contribution in [3.8, 4) is 0 Å². The molecule has 1 aromatic rings. The van der Waals surface area contributed by atoms with Crippen LogP contribution in [0.2, 0.25) is 0 Å². The third kappa shape index (κ3) is 3.56. The normalized spacial score (nSPS) is 14.4. The molecule has 3 heteroatoms. The highest BCUT2D eigenvalue weighted by Crippen LogP contribution is 2.30. The molecule has 1 unspecified atom stereocenters. The van der Waals surface area contributed by atoms with Gasteiger partial charge in [0.2, 0.25) is 0 Å². The zero-order valence-corrected chi connectivity index (χ0v) is 10.6. The van der Waals surface area contributed by atoms with Gasteiger partial charge in [-0.15, -0.1) is 11.8 Å². The number of carboxylic acids is 1. The van der Waals surface area contributed by atoms with E-state index in [0.29, 0.717) is 6.42 Å². The first-order chi connectivity index (χ1) is 7.58. The van der Waals surface area contributed by atoms with Gasteiger partial charge < -0.3 is 5.11 Å². The second-order valence-corrected chi connectivity index (χ2v) is 5.64. The zero-order chi connectivity index (χ0) is 12.0. The van der Waals surface area contributed by atoms with Gasteiger partial charge in [-0.25, -0.2) is 0 Å². The predicted molar refractivity (Wildman–Crippen MR) is 68.9 cm³/mol. The fraction of sp³-hybridized carbons (Fsp3) is 0.462. The molecule has 0 radical (unpaired) electrons. The van der Waals surface area contributed by atoms with E-state index in [0.717, 1.165) is 17.7 Å². The molecule has 0 amide bonds. The molecule has 16 heavy (non-hydrogen) atoms. The summed E-state index contributed by atoms with van der Waals surface area (Å²) < 4.78 is -0.711. The Balaban J connectivity index is 2.75. The van der Waals surface area contributed by atoms with Gasteiger partial charge in [0.25, 0.3) is 0 Å². The molecular weight excluding hydrogens is 220 g/mol. The topological polar surface area (TPSA) is 37.3 Å². The molecule has 0 saturated carbocycles. The number of thioether (sulfide) groups is 1. The molecule has 0 spiro atoms. The van der Waals surface area contributed by atoms with Crippen LogP contribution in [-0.4, -0.2) is 21.6 Å². The monoisotopic (exact) mass is 238 g/mol. The van der Waals surface area contributed by atoms with Crippen molar-refractivity contribution >= 4 is 17.7 Å². The fourth-order valence-corrected chi connectivity index (χ4v) is 2.55. The summed E-state index contributed by atoms with van der Waals surface area (Å²) in [4.78, 5) is 11.3. The number of hydrogen-bond donors (Lipinski definition) is 1. The third-order valence-electron chi connectivity index (χ3n) is 2.46. The van der Waals surface area contributed by atoms with Gasteiger partial charge in [0.15, 0.2) is 0 Å². The Kier molecular flexibility index (Phi) is 4.87. The van der Waals surface area contributed by atoms with E-state index in [1.54, 1.807) is 0 Å². The van der Waals surface area contributed by atoms with Crippen LogP contribution in [0, 0.1) is 0 Å². The number of carboxylic acid groups (broad SMARTS) is 1.